The van der Waals surface area contributed by atoms with Gasteiger partial charge in [0.15, 0.2) is 0 Å². The van der Waals surface area contributed by atoms with E-state index in [9.17, 15) is 4.79 Å². The molecule has 1 aromatic carbocycles. The molecule has 26 heavy (non-hydrogen) atoms. The van der Waals surface area contributed by atoms with Crippen LogP contribution in [0.5, 0.6) is 0 Å². The summed E-state index contributed by atoms with van der Waals surface area (Å²) in [6, 6.07) is 8.73. The van der Waals surface area contributed by atoms with Gasteiger partial charge in [-0.05, 0) is 56.9 Å². The number of hydrogen-bond acceptors (Lipinski definition) is 4. The minimum absolute atomic E-state index is 0. The number of nitrogens with zero attached hydrogens (tertiary/aromatic N) is 2. The molecule has 1 saturated heterocycles. The van der Waals surface area contributed by atoms with E-state index in [0.29, 0.717) is 18.5 Å². The Kier molecular flexibility index (Phi) is 9.17. The molecule has 2 aliphatic rings. The van der Waals surface area contributed by atoms with Gasteiger partial charge in [-0.3, -0.25) is 9.69 Å². The Morgan fingerprint density at radius 3 is 2.15 bits per heavy atom. The highest BCUT2D eigenvalue weighted by molar-refractivity contribution is 5.94. The zero-order valence-corrected chi connectivity index (χ0v) is 17.3. The molecule has 1 aliphatic carbocycles. The maximum absolute atomic E-state index is 12.4. The van der Waals surface area contributed by atoms with Crippen LogP contribution >= 0.6 is 24.8 Å². The zero-order chi connectivity index (χ0) is 17.1. The van der Waals surface area contributed by atoms with Crippen molar-refractivity contribution < 1.29 is 4.79 Å². The Balaban J connectivity index is 0.00000169. The predicted molar refractivity (Wildman–Crippen MR) is 113 cm³/mol. The molecule has 1 atom stereocenters. The van der Waals surface area contributed by atoms with Crippen molar-refractivity contribution in [1.82, 2.24) is 10.2 Å². The number of nitrogens with one attached hydrogen (secondary N) is 1. The highest BCUT2D eigenvalue weighted by Crippen LogP contribution is 2.32. The lowest BCUT2D eigenvalue weighted by atomic mass is 10.1. The van der Waals surface area contributed by atoms with Crippen LogP contribution in [-0.2, 0) is 0 Å². The Labute approximate surface area is 169 Å². The Hall–Kier alpha value is -1.01. The second kappa shape index (κ2) is 10.4. The fourth-order valence-electron chi connectivity index (χ4n) is 3.44. The summed E-state index contributed by atoms with van der Waals surface area (Å²) in [5.41, 5.74) is 7.69. The van der Waals surface area contributed by atoms with Gasteiger partial charge < -0.3 is 16.0 Å². The third-order valence-corrected chi connectivity index (χ3v) is 5.30. The molecule has 1 aromatic rings. The summed E-state index contributed by atoms with van der Waals surface area (Å²) in [4.78, 5) is 17.3. The van der Waals surface area contributed by atoms with Crippen molar-refractivity contribution in [3.8, 4) is 0 Å². The quantitative estimate of drug-likeness (QED) is 0.767. The normalized spacial score (nSPS) is 18.7. The van der Waals surface area contributed by atoms with E-state index >= 15 is 0 Å². The standard InChI is InChI=1S/C19H30N4O.2ClH/c1-14(2)22-9-11-23(12-10-22)17-7-5-16(6-8-17)19(24)21-18(13-20)15-3-4-15;;/h5-8,14-15,18H,3-4,9-13,20H2,1-2H3,(H,21,24);2*1H. The fourth-order valence-corrected chi connectivity index (χ4v) is 3.44. The number of benzene rings is 1. The SMILES string of the molecule is CC(C)N1CCN(c2ccc(C(=O)NC(CN)C3CC3)cc2)CC1.Cl.Cl. The third-order valence-electron chi connectivity index (χ3n) is 5.30. The monoisotopic (exact) mass is 402 g/mol. The molecule has 0 spiro atoms. The van der Waals surface area contributed by atoms with Gasteiger partial charge in [0.2, 0.25) is 0 Å². The maximum atomic E-state index is 12.4. The average Bonchev–Trinajstić information content (AvgIpc) is 3.44. The van der Waals surface area contributed by atoms with E-state index in [0.717, 1.165) is 31.7 Å². The third kappa shape index (κ3) is 5.74. The predicted octanol–water partition coefficient (Wildman–Crippen LogP) is 2.53. The number of carbonyl (C=O) groups excluding carboxylic acids is 1. The lowest BCUT2D eigenvalue weighted by molar-refractivity contribution is 0.0933. The second-order valence-electron chi connectivity index (χ2n) is 7.32. The van der Waals surface area contributed by atoms with Crippen LogP contribution in [0.3, 0.4) is 0 Å². The first-order valence-electron chi connectivity index (χ1n) is 9.18. The van der Waals surface area contributed by atoms with E-state index in [4.69, 9.17) is 5.73 Å². The van der Waals surface area contributed by atoms with E-state index in [1.807, 2.05) is 12.1 Å². The summed E-state index contributed by atoms with van der Waals surface area (Å²) < 4.78 is 0. The largest absolute Gasteiger partial charge is 0.369 e. The maximum Gasteiger partial charge on any atom is 0.251 e. The van der Waals surface area contributed by atoms with E-state index in [1.165, 1.54) is 18.5 Å². The molecular weight excluding hydrogens is 371 g/mol. The van der Waals surface area contributed by atoms with Crippen molar-refractivity contribution in [3.63, 3.8) is 0 Å². The Morgan fingerprint density at radius 1 is 1.12 bits per heavy atom. The van der Waals surface area contributed by atoms with Crippen molar-refractivity contribution in [1.29, 1.82) is 0 Å². The van der Waals surface area contributed by atoms with Crippen LogP contribution < -0.4 is 16.0 Å². The molecule has 1 saturated carbocycles. The van der Waals surface area contributed by atoms with Gasteiger partial charge in [-0.15, -0.1) is 24.8 Å². The van der Waals surface area contributed by atoms with Crippen LogP contribution in [0, 0.1) is 5.92 Å². The first kappa shape index (κ1) is 23.0. The van der Waals surface area contributed by atoms with Crippen LogP contribution in [0.25, 0.3) is 0 Å². The molecule has 3 N–H and O–H groups in total. The number of amides is 1. The van der Waals surface area contributed by atoms with Gasteiger partial charge in [0.1, 0.15) is 0 Å². The Morgan fingerprint density at radius 2 is 1.69 bits per heavy atom. The summed E-state index contributed by atoms with van der Waals surface area (Å²) in [7, 11) is 0. The number of nitrogens with two attached hydrogens (primary N) is 1. The van der Waals surface area contributed by atoms with E-state index in [2.05, 4.69) is 41.1 Å². The first-order chi connectivity index (χ1) is 11.6. The average molecular weight is 403 g/mol. The topological polar surface area (TPSA) is 61.6 Å². The molecule has 7 heteroatoms. The number of carbonyl (C=O) groups is 1. The molecule has 1 aliphatic heterocycles. The van der Waals surface area contributed by atoms with Crippen molar-refractivity contribution in [2.75, 3.05) is 37.6 Å². The molecule has 1 unspecified atom stereocenters. The van der Waals surface area contributed by atoms with Gasteiger partial charge in [0.25, 0.3) is 5.91 Å². The highest BCUT2D eigenvalue weighted by Gasteiger charge is 2.31. The fraction of sp³-hybridized carbons (Fsp3) is 0.632. The molecule has 148 valence electrons. The van der Waals surface area contributed by atoms with Gasteiger partial charge >= 0.3 is 0 Å². The molecule has 3 rings (SSSR count). The summed E-state index contributed by atoms with van der Waals surface area (Å²) >= 11 is 0. The molecule has 2 fully saturated rings. The highest BCUT2D eigenvalue weighted by atomic mass is 35.5. The van der Waals surface area contributed by atoms with Gasteiger partial charge in [0.05, 0.1) is 0 Å². The number of anilines is 1. The van der Waals surface area contributed by atoms with E-state index < -0.39 is 0 Å². The number of rotatable bonds is 6. The van der Waals surface area contributed by atoms with Crippen LogP contribution in [0.4, 0.5) is 5.69 Å². The lowest BCUT2D eigenvalue weighted by Gasteiger charge is -2.38. The van der Waals surface area contributed by atoms with Crippen molar-refractivity contribution in [2.45, 2.75) is 38.8 Å². The van der Waals surface area contributed by atoms with Gasteiger partial charge in [0, 0.05) is 56.1 Å². The minimum atomic E-state index is -0.00599. The van der Waals surface area contributed by atoms with Gasteiger partial charge in [-0.2, -0.15) is 0 Å². The second-order valence-corrected chi connectivity index (χ2v) is 7.32. The molecule has 1 amide bonds. The first-order valence-corrected chi connectivity index (χ1v) is 9.18. The molecule has 0 aromatic heterocycles. The summed E-state index contributed by atoms with van der Waals surface area (Å²) in [5.74, 6) is 0.573. The van der Waals surface area contributed by atoms with Crippen LogP contribution in [-0.4, -0.2) is 55.6 Å². The zero-order valence-electron chi connectivity index (χ0n) is 15.7. The lowest BCUT2D eigenvalue weighted by Crippen LogP contribution is -2.48. The van der Waals surface area contributed by atoms with Crippen LogP contribution in [0.15, 0.2) is 24.3 Å². The van der Waals surface area contributed by atoms with Crippen molar-refractivity contribution in [3.05, 3.63) is 29.8 Å². The number of halogens is 2. The molecule has 1 heterocycles. The van der Waals surface area contributed by atoms with Crippen molar-refractivity contribution >= 4 is 36.4 Å². The van der Waals surface area contributed by atoms with E-state index in [-0.39, 0.29) is 36.8 Å². The molecule has 0 radical (unpaired) electrons. The van der Waals surface area contributed by atoms with Crippen LogP contribution in [0.1, 0.15) is 37.0 Å². The number of piperazine rings is 1. The number of hydrogen-bond donors (Lipinski definition) is 2. The summed E-state index contributed by atoms with van der Waals surface area (Å²) in [6.45, 7) is 9.30. The summed E-state index contributed by atoms with van der Waals surface area (Å²) in [5, 5.41) is 3.08. The van der Waals surface area contributed by atoms with Crippen molar-refractivity contribution in [2.24, 2.45) is 11.7 Å². The molecule has 5 nitrogen and oxygen atoms in total. The minimum Gasteiger partial charge on any atom is -0.369 e. The smallest absolute Gasteiger partial charge is 0.251 e. The van der Waals surface area contributed by atoms with Gasteiger partial charge in [-0.25, -0.2) is 0 Å². The van der Waals surface area contributed by atoms with E-state index in [1.54, 1.807) is 0 Å². The molecule has 0 bridgehead atoms. The summed E-state index contributed by atoms with van der Waals surface area (Å²) in [6.07, 6.45) is 2.37. The van der Waals surface area contributed by atoms with Crippen LogP contribution in [0.2, 0.25) is 0 Å². The molecular formula is C19H32Cl2N4O. The van der Waals surface area contributed by atoms with Gasteiger partial charge in [-0.1, -0.05) is 0 Å². The Bertz CT molecular complexity index is 555.